The minimum atomic E-state index is -0.169. The minimum absolute atomic E-state index is 0.0776. The summed E-state index contributed by atoms with van der Waals surface area (Å²) in [5, 5.41) is 5.64. The fraction of sp³-hybridized carbons (Fsp3) is 0.200. The molecule has 0 aromatic heterocycles. The van der Waals surface area contributed by atoms with Crippen molar-refractivity contribution in [3.05, 3.63) is 102 Å². The van der Waals surface area contributed by atoms with E-state index in [2.05, 4.69) is 10.6 Å². The Bertz CT molecular complexity index is 926. The van der Waals surface area contributed by atoms with Crippen LogP contribution < -0.4 is 15.4 Å². The van der Waals surface area contributed by atoms with Crippen LogP contribution in [0.3, 0.4) is 0 Å². The maximum absolute atomic E-state index is 11.9. The van der Waals surface area contributed by atoms with Gasteiger partial charge in [-0.25, -0.2) is 0 Å². The smallest absolute Gasteiger partial charge is 0.251 e. The van der Waals surface area contributed by atoms with E-state index in [1.807, 2.05) is 72.8 Å². The summed E-state index contributed by atoms with van der Waals surface area (Å²) in [5.74, 6) is 0.574. The predicted molar refractivity (Wildman–Crippen MR) is 117 cm³/mol. The molecule has 0 heterocycles. The molecular formula is C25H26N2O3. The SMILES string of the molecule is O=C(CCNC(=O)c1ccccc1)NCCc1ccc(OCc2ccccc2)cc1. The molecule has 3 rings (SSSR count). The van der Waals surface area contributed by atoms with E-state index in [-0.39, 0.29) is 18.2 Å². The fourth-order valence-electron chi connectivity index (χ4n) is 2.91. The largest absolute Gasteiger partial charge is 0.489 e. The first kappa shape index (κ1) is 21.1. The second kappa shape index (κ2) is 11.4. The van der Waals surface area contributed by atoms with Crippen LogP contribution in [0.2, 0.25) is 0 Å². The van der Waals surface area contributed by atoms with Crippen LogP contribution in [0.5, 0.6) is 5.75 Å². The molecule has 2 N–H and O–H groups in total. The lowest BCUT2D eigenvalue weighted by Gasteiger charge is -2.09. The molecule has 3 aromatic carbocycles. The third-order valence-corrected chi connectivity index (χ3v) is 4.58. The Morgan fingerprint density at radius 3 is 2.07 bits per heavy atom. The van der Waals surface area contributed by atoms with E-state index < -0.39 is 0 Å². The molecule has 0 atom stereocenters. The summed E-state index contributed by atoms with van der Waals surface area (Å²) >= 11 is 0. The van der Waals surface area contributed by atoms with Crippen molar-refractivity contribution in [3.63, 3.8) is 0 Å². The quantitative estimate of drug-likeness (QED) is 0.543. The van der Waals surface area contributed by atoms with Crippen LogP contribution in [0.15, 0.2) is 84.9 Å². The molecule has 0 saturated carbocycles. The van der Waals surface area contributed by atoms with Crippen LogP contribution in [0, 0.1) is 0 Å². The first-order valence-corrected chi connectivity index (χ1v) is 10.1. The molecule has 0 aliphatic heterocycles. The Labute approximate surface area is 177 Å². The van der Waals surface area contributed by atoms with Crippen molar-refractivity contribution in [3.8, 4) is 5.75 Å². The van der Waals surface area contributed by atoms with E-state index in [0.717, 1.165) is 23.3 Å². The van der Waals surface area contributed by atoms with Gasteiger partial charge in [-0.15, -0.1) is 0 Å². The van der Waals surface area contributed by atoms with Crippen LogP contribution in [0.4, 0.5) is 0 Å². The standard InChI is InChI=1S/C25H26N2O3/c28-24(16-18-27-25(29)22-9-5-2-6-10-22)26-17-15-20-11-13-23(14-12-20)30-19-21-7-3-1-4-8-21/h1-14H,15-19H2,(H,26,28)(H,27,29). The summed E-state index contributed by atoms with van der Waals surface area (Å²) < 4.78 is 5.78. The van der Waals surface area contributed by atoms with E-state index in [0.29, 0.717) is 25.3 Å². The number of carbonyl (C=O) groups is 2. The maximum Gasteiger partial charge on any atom is 0.251 e. The number of carbonyl (C=O) groups excluding carboxylic acids is 2. The monoisotopic (exact) mass is 402 g/mol. The number of benzene rings is 3. The highest BCUT2D eigenvalue weighted by molar-refractivity contribution is 5.94. The van der Waals surface area contributed by atoms with Crippen molar-refractivity contribution >= 4 is 11.8 Å². The number of nitrogens with one attached hydrogen (secondary N) is 2. The van der Waals surface area contributed by atoms with Gasteiger partial charge in [0.25, 0.3) is 5.91 Å². The number of rotatable bonds is 10. The van der Waals surface area contributed by atoms with Crippen LogP contribution >= 0.6 is 0 Å². The van der Waals surface area contributed by atoms with Gasteiger partial charge >= 0.3 is 0 Å². The van der Waals surface area contributed by atoms with Crippen LogP contribution in [0.25, 0.3) is 0 Å². The predicted octanol–water partition coefficient (Wildman–Crippen LogP) is 3.74. The summed E-state index contributed by atoms with van der Waals surface area (Å²) in [6.45, 7) is 1.40. The summed E-state index contributed by atoms with van der Waals surface area (Å²) in [6.07, 6.45) is 0.992. The average molecular weight is 402 g/mol. The molecular weight excluding hydrogens is 376 g/mol. The third-order valence-electron chi connectivity index (χ3n) is 4.58. The van der Waals surface area contributed by atoms with Crippen molar-refractivity contribution in [2.75, 3.05) is 13.1 Å². The number of amides is 2. The molecule has 0 saturated heterocycles. The second-order valence-corrected chi connectivity index (χ2v) is 6.89. The zero-order valence-electron chi connectivity index (χ0n) is 16.8. The fourth-order valence-corrected chi connectivity index (χ4v) is 2.91. The molecule has 0 radical (unpaired) electrons. The van der Waals surface area contributed by atoms with Gasteiger partial charge < -0.3 is 15.4 Å². The molecule has 0 aliphatic rings. The molecule has 0 fully saturated rings. The Balaban J connectivity index is 1.30. The number of hydrogen-bond donors (Lipinski definition) is 2. The van der Waals surface area contributed by atoms with Gasteiger partial charge in [-0.2, -0.15) is 0 Å². The van der Waals surface area contributed by atoms with E-state index in [9.17, 15) is 9.59 Å². The highest BCUT2D eigenvalue weighted by Gasteiger charge is 2.06. The van der Waals surface area contributed by atoms with Gasteiger partial charge in [0, 0.05) is 25.1 Å². The topological polar surface area (TPSA) is 67.4 Å². The lowest BCUT2D eigenvalue weighted by atomic mass is 10.1. The summed E-state index contributed by atoms with van der Waals surface area (Å²) in [5.41, 5.74) is 2.85. The van der Waals surface area contributed by atoms with Crippen LogP contribution in [-0.4, -0.2) is 24.9 Å². The molecule has 30 heavy (non-hydrogen) atoms. The average Bonchev–Trinajstić information content (AvgIpc) is 2.80. The summed E-state index contributed by atoms with van der Waals surface area (Å²) in [6, 6.07) is 26.9. The molecule has 0 aliphatic carbocycles. The van der Waals surface area contributed by atoms with Crippen molar-refractivity contribution in [2.24, 2.45) is 0 Å². The highest BCUT2D eigenvalue weighted by Crippen LogP contribution is 2.14. The third kappa shape index (κ3) is 7.09. The maximum atomic E-state index is 11.9. The van der Waals surface area contributed by atoms with Gasteiger partial charge in [0.15, 0.2) is 0 Å². The Hall–Kier alpha value is -3.60. The highest BCUT2D eigenvalue weighted by atomic mass is 16.5. The molecule has 3 aromatic rings. The first-order valence-electron chi connectivity index (χ1n) is 10.1. The Morgan fingerprint density at radius 2 is 1.37 bits per heavy atom. The number of ether oxygens (including phenoxy) is 1. The molecule has 5 heteroatoms. The normalized spacial score (nSPS) is 10.3. The first-order chi connectivity index (χ1) is 14.7. The Morgan fingerprint density at radius 1 is 0.700 bits per heavy atom. The van der Waals surface area contributed by atoms with Gasteiger partial charge in [-0.3, -0.25) is 9.59 Å². The van der Waals surface area contributed by atoms with E-state index in [1.54, 1.807) is 12.1 Å². The molecule has 0 unspecified atom stereocenters. The minimum Gasteiger partial charge on any atom is -0.489 e. The van der Waals surface area contributed by atoms with Crippen molar-refractivity contribution < 1.29 is 14.3 Å². The molecule has 154 valence electrons. The molecule has 2 amide bonds. The lowest BCUT2D eigenvalue weighted by Crippen LogP contribution is -2.31. The number of hydrogen-bond acceptors (Lipinski definition) is 3. The molecule has 0 bridgehead atoms. The summed E-state index contributed by atoms with van der Waals surface area (Å²) in [4.78, 5) is 23.9. The van der Waals surface area contributed by atoms with E-state index in [1.165, 1.54) is 0 Å². The molecule has 0 spiro atoms. The zero-order valence-corrected chi connectivity index (χ0v) is 16.8. The summed E-state index contributed by atoms with van der Waals surface area (Å²) in [7, 11) is 0. The Kier molecular flexibility index (Phi) is 8.03. The molecule has 5 nitrogen and oxygen atoms in total. The van der Waals surface area contributed by atoms with Gasteiger partial charge in [0.05, 0.1) is 0 Å². The van der Waals surface area contributed by atoms with Crippen molar-refractivity contribution in [1.29, 1.82) is 0 Å². The van der Waals surface area contributed by atoms with Crippen LogP contribution in [0.1, 0.15) is 27.9 Å². The van der Waals surface area contributed by atoms with E-state index in [4.69, 9.17) is 4.74 Å². The zero-order chi connectivity index (χ0) is 21.0. The van der Waals surface area contributed by atoms with E-state index >= 15 is 0 Å². The van der Waals surface area contributed by atoms with Gasteiger partial charge in [0.1, 0.15) is 12.4 Å². The van der Waals surface area contributed by atoms with Gasteiger partial charge in [-0.05, 0) is 41.8 Å². The van der Waals surface area contributed by atoms with Gasteiger partial charge in [-0.1, -0.05) is 60.7 Å². The van der Waals surface area contributed by atoms with Gasteiger partial charge in [0.2, 0.25) is 5.91 Å². The van der Waals surface area contributed by atoms with Crippen molar-refractivity contribution in [2.45, 2.75) is 19.4 Å². The van der Waals surface area contributed by atoms with Crippen LogP contribution in [-0.2, 0) is 17.8 Å². The second-order valence-electron chi connectivity index (χ2n) is 6.89. The van der Waals surface area contributed by atoms with Crippen molar-refractivity contribution in [1.82, 2.24) is 10.6 Å². The lowest BCUT2D eigenvalue weighted by molar-refractivity contribution is -0.120.